The molecular weight excluding hydrogens is 442 g/mol. The Morgan fingerprint density at radius 3 is 2.69 bits per heavy atom. The standard InChI is InChI=1S/C19H17ClF2N2O3S2/c1-11-14(20)3-2-4-17(11)29(25,26)24-7-5-13(6-8-24)27-19-23-18-15(22)9-12(21)10-16(18)28-19/h2-4,9-10,13H,5-8H2,1H3. The summed E-state index contributed by atoms with van der Waals surface area (Å²) in [6.45, 7) is 2.25. The van der Waals surface area contributed by atoms with E-state index in [-0.39, 0.29) is 34.8 Å². The molecule has 10 heteroatoms. The molecule has 0 spiro atoms. The van der Waals surface area contributed by atoms with Crippen molar-refractivity contribution in [3.8, 4) is 5.19 Å². The maximum atomic E-state index is 13.8. The van der Waals surface area contributed by atoms with Crippen LogP contribution in [0.5, 0.6) is 5.19 Å². The van der Waals surface area contributed by atoms with Crippen LogP contribution in [-0.2, 0) is 10.0 Å². The first-order valence-corrected chi connectivity index (χ1v) is 11.6. The molecule has 29 heavy (non-hydrogen) atoms. The normalized spacial score (nSPS) is 16.4. The number of sulfonamides is 1. The van der Waals surface area contributed by atoms with Crippen LogP contribution in [0.15, 0.2) is 35.2 Å². The van der Waals surface area contributed by atoms with Crippen molar-refractivity contribution < 1.29 is 21.9 Å². The lowest BCUT2D eigenvalue weighted by molar-refractivity contribution is 0.135. The first-order valence-electron chi connectivity index (χ1n) is 8.93. The van der Waals surface area contributed by atoms with Crippen LogP contribution in [0.3, 0.4) is 0 Å². The number of aromatic nitrogens is 1. The Hall–Kier alpha value is -1.81. The topological polar surface area (TPSA) is 59.5 Å². The zero-order valence-electron chi connectivity index (χ0n) is 15.4. The van der Waals surface area contributed by atoms with Gasteiger partial charge in [-0.25, -0.2) is 17.2 Å². The number of rotatable bonds is 4. The van der Waals surface area contributed by atoms with Gasteiger partial charge in [0.2, 0.25) is 10.0 Å². The number of thiazole rings is 1. The van der Waals surface area contributed by atoms with Gasteiger partial charge in [-0.3, -0.25) is 0 Å². The summed E-state index contributed by atoms with van der Waals surface area (Å²) in [6, 6.07) is 6.82. The Morgan fingerprint density at radius 1 is 1.24 bits per heavy atom. The van der Waals surface area contributed by atoms with E-state index in [1.165, 1.54) is 10.4 Å². The molecule has 0 bridgehead atoms. The third-order valence-corrected chi connectivity index (χ3v) is 8.24. The highest BCUT2D eigenvalue weighted by Crippen LogP contribution is 2.33. The van der Waals surface area contributed by atoms with E-state index in [4.69, 9.17) is 16.3 Å². The zero-order valence-corrected chi connectivity index (χ0v) is 17.8. The number of benzene rings is 2. The van der Waals surface area contributed by atoms with Crippen molar-refractivity contribution in [3.05, 3.63) is 52.6 Å². The molecule has 154 valence electrons. The van der Waals surface area contributed by atoms with E-state index < -0.39 is 21.7 Å². The van der Waals surface area contributed by atoms with Crippen LogP contribution in [0, 0.1) is 18.6 Å². The van der Waals surface area contributed by atoms with Crippen LogP contribution in [0.2, 0.25) is 5.02 Å². The number of hydrogen-bond donors (Lipinski definition) is 0. The molecular formula is C19H17ClF2N2O3S2. The molecule has 1 aliphatic rings. The zero-order chi connectivity index (χ0) is 20.8. The molecule has 0 radical (unpaired) electrons. The number of halogens is 3. The molecule has 0 amide bonds. The van der Waals surface area contributed by atoms with Crippen molar-refractivity contribution in [2.24, 2.45) is 0 Å². The van der Waals surface area contributed by atoms with E-state index in [9.17, 15) is 17.2 Å². The minimum absolute atomic E-state index is 0.0721. The van der Waals surface area contributed by atoms with E-state index in [2.05, 4.69) is 4.98 Å². The average molecular weight is 459 g/mol. The molecule has 1 saturated heterocycles. The second-order valence-electron chi connectivity index (χ2n) is 6.80. The van der Waals surface area contributed by atoms with Crippen LogP contribution in [-0.4, -0.2) is 36.9 Å². The van der Waals surface area contributed by atoms with Crippen LogP contribution < -0.4 is 4.74 Å². The van der Waals surface area contributed by atoms with Gasteiger partial charge < -0.3 is 4.74 Å². The van der Waals surface area contributed by atoms with Gasteiger partial charge in [-0.1, -0.05) is 29.0 Å². The molecule has 0 N–H and O–H groups in total. The maximum Gasteiger partial charge on any atom is 0.274 e. The Morgan fingerprint density at radius 2 is 1.97 bits per heavy atom. The van der Waals surface area contributed by atoms with Crippen LogP contribution in [0.1, 0.15) is 18.4 Å². The highest BCUT2D eigenvalue weighted by molar-refractivity contribution is 7.89. The van der Waals surface area contributed by atoms with Crippen LogP contribution >= 0.6 is 22.9 Å². The van der Waals surface area contributed by atoms with Gasteiger partial charge in [0, 0.05) is 24.2 Å². The minimum Gasteiger partial charge on any atom is -0.467 e. The van der Waals surface area contributed by atoms with Gasteiger partial charge in [-0.2, -0.15) is 9.29 Å². The molecule has 1 aromatic heterocycles. The fourth-order valence-corrected chi connectivity index (χ4v) is 6.19. The Labute approximate surface area is 175 Å². The second-order valence-corrected chi connectivity index (χ2v) is 10.1. The van der Waals surface area contributed by atoms with Gasteiger partial charge in [-0.05, 0) is 43.5 Å². The summed E-state index contributed by atoms with van der Waals surface area (Å²) >= 11 is 7.13. The lowest BCUT2D eigenvalue weighted by Crippen LogP contribution is -2.41. The summed E-state index contributed by atoms with van der Waals surface area (Å²) in [5.41, 5.74) is 0.596. The highest BCUT2D eigenvalue weighted by Gasteiger charge is 2.32. The smallest absolute Gasteiger partial charge is 0.274 e. The average Bonchev–Trinajstić information content (AvgIpc) is 3.07. The monoisotopic (exact) mass is 458 g/mol. The van der Waals surface area contributed by atoms with Gasteiger partial charge in [0.05, 0.1) is 9.60 Å². The van der Waals surface area contributed by atoms with Crippen molar-refractivity contribution in [1.82, 2.24) is 9.29 Å². The van der Waals surface area contributed by atoms with Crippen molar-refractivity contribution in [3.63, 3.8) is 0 Å². The number of hydrogen-bond acceptors (Lipinski definition) is 5. The van der Waals surface area contributed by atoms with E-state index in [1.54, 1.807) is 25.1 Å². The fraction of sp³-hybridized carbons (Fsp3) is 0.316. The van der Waals surface area contributed by atoms with Crippen molar-refractivity contribution in [2.45, 2.75) is 30.8 Å². The van der Waals surface area contributed by atoms with Gasteiger partial charge in [0.15, 0.2) is 5.82 Å². The molecule has 0 aliphatic carbocycles. The summed E-state index contributed by atoms with van der Waals surface area (Å²) in [7, 11) is -3.65. The SMILES string of the molecule is Cc1c(Cl)cccc1S(=O)(=O)N1CCC(Oc2nc3c(F)cc(F)cc3s2)CC1. The second kappa shape index (κ2) is 7.79. The first kappa shape index (κ1) is 20.5. The molecule has 1 aliphatic heterocycles. The molecule has 0 atom stereocenters. The van der Waals surface area contributed by atoms with Gasteiger partial charge in [0.25, 0.3) is 5.19 Å². The predicted octanol–water partition coefficient (Wildman–Crippen LogP) is 4.77. The third kappa shape index (κ3) is 3.96. The molecule has 2 heterocycles. The van der Waals surface area contributed by atoms with Crippen LogP contribution in [0.25, 0.3) is 10.2 Å². The summed E-state index contributed by atoms with van der Waals surface area (Å²) in [5.74, 6) is -1.40. The predicted molar refractivity (Wildman–Crippen MR) is 108 cm³/mol. The summed E-state index contributed by atoms with van der Waals surface area (Å²) in [4.78, 5) is 4.29. The van der Waals surface area contributed by atoms with E-state index in [0.29, 0.717) is 28.1 Å². The number of fused-ring (bicyclic) bond motifs is 1. The fourth-order valence-electron chi connectivity index (χ4n) is 3.33. The molecule has 5 nitrogen and oxygen atoms in total. The Kier molecular flexibility index (Phi) is 5.50. The van der Waals surface area contributed by atoms with Crippen molar-refractivity contribution in [1.29, 1.82) is 0 Å². The molecule has 4 rings (SSSR count). The molecule has 2 aromatic carbocycles. The largest absolute Gasteiger partial charge is 0.467 e. The molecule has 0 unspecified atom stereocenters. The van der Waals surface area contributed by atoms with Gasteiger partial charge in [-0.15, -0.1) is 0 Å². The number of piperidine rings is 1. The van der Waals surface area contributed by atoms with Crippen LogP contribution in [0.4, 0.5) is 8.78 Å². The highest BCUT2D eigenvalue weighted by atomic mass is 35.5. The molecule has 0 saturated carbocycles. The quantitative estimate of drug-likeness (QED) is 0.565. The van der Waals surface area contributed by atoms with E-state index in [0.717, 1.165) is 17.4 Å². The lowest BCUT2D eigenvalue weighted by Gasteiger charge is -2.31. The summed E-state index contributed by atoms with van der Waals surface area (Å²) < 4.78 is 60.7. The maximum absolute atomic E-state index is 13.8. The van der Waals surface area contributed by atoms with Crippen molar-refractivity contribution in [2.75, 3.05) is 13.1 Å². The summed E-state index contributed by atoms with van der Waals surface area (Å²) in [5, 5.41) is 0.653. The third-order valence-electron chi connectivity index (χ3n) is 4.90. The minimum atomic E-state index is -3.65. The Balaban J connectivity index is 1.46. The van der Waals surface area contributed by atoms with Crippen molar-refractivity contribution >= 4 is 43.2 Å². The number of ether oxygens (including phenoxy) is 1. The van der Waals surface area contributed by atoms with E-state index >= 15 is 0 Å². The molecule has 3 aromatic rings. The number of nitrogens with zero attached hydrogens (tertiary/aromatic N) is 2. The van der Waals surface area contributed by atoms with Gasteiger partial charge >= 0.3 is 0 Å². The van der Waals surface area contributed by atoms with Gasteiger partial charge in [0.1, 0.15) is 17.4 Å². The van der Waals surface area contributed by atoms with E-state index in [1.807, 2.05) is 0 Å². The first-order chi connectivity index (χ1) is 13.8. The molecule has 1 fully saturated rings. The summed E-state index contributed by atoms with van der Waals surface area (Å²) in [6.07, 6.45) is 0.674. The Bertz CT molecular complexity index is 1180. The lowest BCUT2D eigenvalue weighted by atomic mass is 10.1.